The number of hydrogen-bond acceptors (Lipinski definition) is 4. The average molecular weight is 272 g/mol. The summed E-state index contributed by atoms with van der Waals surface area (Å²) >= 11 is 0. The largest absolute Gasteiger partial charge is 0.481 e. The molecular weight excluding hydrogens is 248 g/mol. The summed E-state index contributed by atoms with van der Waals surface area (Å²) < 4.78 is 5.59. The molecule has 0 aliphatic carbocycles. The molecule has 2 unspecified atom stereocenters. The first kappa shape index (κ1) is 15.9. The van der Waals surface area contributed by atoms with Crippen LogP contribution in [0, 0.1) is 0 Å². The van der Waals surface area contributed by atoms with Gasteiger partial charge in [0.1, 0.15) is 6.10 Å². The molecule has 1 rings (SSSR count). The van der Waals surface area contributed by atoms with Crippen LogP contribution in [0.2, 0.25) is 0 Å². The van der Waals surface area contributed by atoms with E-state index in [1.54, 1.807) is 4.90 Å². The zero-order valence-corrected chi connectivity index (χ0v) is 11.9. The highest BCUT2D eigenvalue weighted by atomic mass is 16.5. The van der Waals surface area contributed by atoms with Gasteiger partial charge in [0.15, 0.2) is 0 Å². The number of nitrogens with zero attached hydrogens (tertiary/aromatic N) is 1. The summed E-state index contributed by atoms with van der Waals surface area (Å²) in [4.78, 5) is 24.7. The van der Waals surface area contributed by atoms with Crippen LogP contribution < -0.4 is 5.73 Å². The van der Waals surface area contributed by atoms with Crippen molar-refractivity contribution in [1.82, 2.24) is 4.90 Å². The van der Waals surface area contributed by atoms with Gasteiger partial charge in [0, 0.05) is 18.6 Å². The number of amides is 1. The number of carbonyl (C=O) groups excluding carboxylic acids is 1. The topological polar surface area (TPSA) is 92.9 Å². The van der Waals surface area contributed by atoms with E-state index >= 15 is 0 Å². The van der Waals surface area contributed by atoms with Crippen LogP contribution in [0.3, 0.4) is 0 Å². The Morgan fingerprint density at radius 3 is 2.42 bits per heavy atom. The van der Waals surface area contributed by atoms with E-state index in [0.717, 1.165) is 6.42 Å². The predicted octanol–water partition coefficient (Wildman–Crippen LogP) is 0.595. The Balaban J connectivity index is 2.69. The van der Waals surface area contributed by atoms with Crippen molar-refractivity contribution in [2.24, 2.45) is 5.73 Å². The third-order valence-electron chi connectivity index (χ3n) is 3.27. The predicted molar refractivity (Wildman–Crippen MR) is 70.7 cm³/mol. The van der Waals surface area contributed by atoms with Crippen LogP contribution in [-0.4, -0.2) is 52.7 Å². The number of hydrogen-bond donors (Lipinski definition) is 2. The molecule has 0 aromatic carbocycles. The summed E-state index contributed by atoms with van der Waals surface area (Å²) in [5.41, 5.74) is 5.11. The molecule has 110 valence electrons. The molecule has 1 amide bonds. The molecule has 1 fully saturated rings. The highest BCUT2D eigenvalue weighted by Crippen LogP contribution is 2.24. The number of carboxylic acid groups (broad SMARTS) is 1. The normalized spacial score (nSPS) is 23.4. The monoisotopic (exact) mass is 272 g/mol. The van der Waals surface area contributed by atoms with Crippen molar-refractivity contribution in [3.8, 4) is 0 Å². The van der Waals surface area contributed by atoms with Crippen molar-refractivity contribution < 1.29 is 19.4 Å². The maximum absolute atomic E-state index is 12.4. The molecule has 2 atom stereocenters. The van der Waals surface area contributed by atoms with Gasteiger partial charge in [-0.2, -0.15) is 0 Å². The fourth-order valence-electron chi connectivity index (χ4n) is 2.22. The van der Waals surface area contributed by atoms with Gasteiger partial charge in [-0.05, 0) is 33.6 Å². The minimum Gasteiger partial charge on any atom is -0.481 e. The quantitative estimate of drug-likeness (QED) is 0.764. The minimum absolute atomic E-state index is 0.0595. The van der Waals surface area contributed by atoms with Crippen molar-refractivity contribution in [3.63, 3.8) is 0 Å². The molecule has 0 bridgehead atoms. The van der Waals surface area contributed by atoms with E-state index in [9.17, 15) is 9.59 Å². The maximum Gasteiger partial charge on any atom is 0.305 e. The zero-order chi connectivity index (χ0) is 14.6. The van der Waals surface area contributed by atoms with Crippen molar-refractivity contribution in [2.75, 3.05) is 13.1 Å². The van der Waals surface area contributed by atoms with Gasteiger partial charge >= 0.3 is 5.97 Å². The highest BCUT2D eigenvalue weighted by molar-refractivity contribution is 5.82. The SMILES string of the molecule is CC(C)(C)N(CCC(=O)O)C(=O)C1CCC(CN)O1. The molecule has 0 saturated carbocycles. The van der Waals surface area contributed by atoms with Gasteiger partial charge in [-0.25, -0.2) is 0 Å². The van der Waals surface area contributed by atoms with Crippen molar-refractivity contribution in [2.45, 2.75) is 57.8 Å². The number of nitrogens with two attached hydrogens (primary N) is 1. The molecule has 19 heavy (non-hydrogen) atoms. The lowest BCUT2D eigenvalue weighted by Crippen LogP contribution is -2.50. The second kappa shape index (κ2) is 6.34. The van der Waals surface area contributed by atoms with E-state index in [1.807, 2.05) is 20.8 Å². The van der Waals surface area contributed by atoms with Gasteiger partial charge < -0.3 is 20.5 Å². The fraction of sp³-hybridized carbons (Fsp3) is 0.846. The highest BCUT2D eigenvalue weighted by Gasteiger charge is 2.36. The Bertz CT molecular complexity index is 338. The number of rotatable bonds is 5. The summed E-state index contributed by atoms with van der Waals surface area (Å²) in [5.74, 6) is -1.04. The lowest BCUT2D eigenvalue weighted by molar-refractivity contribution is -0.149. The van der Waals surface area contributed by atoms with E-state index in [0.29, 0.717) is 13.0 Å². The van der Waals surface area contributed by atoms with Crippen LogP contribution in [0.25, 0.3) is 0 Å². The van der Waals surface area contributed by atoms with Crippen molar-refractivity contribution in [3.05, 3.63) is 0 Å². The summed E-state index contributed by atoms with van der Waals surface area (Å²) in [6, 6.07) is 0. The number of ether oxygens (including phenoxy) is 1. The van der Waals surface area contributed by atoms with Crippen LogP contribution in [-0.2, 0) is 14.3 Å². The first-order chi connectivity index (χ1) is 8.75. The van der Waals surface area contributed by atoms with Crippen LogP contribution in [0.5, 0.6) is 0 Å². The minimum atomic E-state index is -0.908. The summed E-state index contributed by atoms with van der Waals surface area (Å²) in [5, 5.41) is 8.77. The van der Waals surface area contributed by atoms with Gasteiger partial charge in [0.05, 0.1) is 12.5 Å². The van der Waals surface area contributed by atoms with Gasteiger partial charge in [0.25, 0.3) is 5.91 Å². The molecule has 6 nitrogen and oxygen atoms in total. The van der Waals surface area contributed by atoms with Gasteiger partial charge in [-0.3, -0.25) is 9.59 Å². The Morgan fingerprint density at radius 1 is 1.37 bits per heavy atom. The van der Waals surface area contributed by atoms with E-state index in [2.05, 4.69) is 0 Å². The average Bonchev–Trinajstić information content (AvgIpc) is 2.75. The molecule has 0 spiro atoms. The summed E-state index contributed by atoms with van der Waals surface area (Å²) in [6.45, 7) is 6.28. The van der Waals surface area contributed by atoms with Crippen LogP contribution in [0.1, 0.15) is 40.0 Å². The second-order valence-electron chi connectivity index (χ2n) is 5.86. The fourth-order valence-corrected chi connectivity index (χ4v) is 2.22. The Hall–Kier alpha value is -1.14. The van der Waals surface area contributed by atoms with Crippen LogP contribution in [0.4, 0.5) is 0 Å². The molecule has 1 aliphatic heterocycles. The second-order valence-corrected chi connectivity index (χ2v) is 5.86. The molecule has 1 saturated heterocycles. The van der Waals surface area contributed by atoms with Gasteiger partial charge in [-0.1, -0.05) is 0 Å². The first-order valence-corrected chi connectivity index (χ1v) is 6.64. The standard InChI is InChI=1S/C13H24N2O4/c1-13(2,3)15(7-6-11(16)17)12(18)10-5-4-9(8-14)19-10/h9-10H,4-8,14H2,1-3H3,(H,16,17). The molecule has 0 radical (unpaired) electrons. The number of carbonyl (C=O) groups is 2. The van der Waals surface area contributed by atoms with Crippen LogP contribution in [0.15, 0.2) is 0 Å². The van der Waals surface area contributed by atoms with E-state index in [4.69, 9.17) is 15.6 Å². The van der Waals surface area contributed by atoms with E-state index < -0.39 is 17.6 Å². The molecule has 0 aromatic heterocycles. The molecular formula is C13H24N2O4. The summed E-state index contributed by atoms with van der Waals surface area (Å²) in [7, 11) is 0. The Kier molecular flexibility index (Phi) is 5.31. The van der Waals surface area contributed by atoms with Crippen LogP contribution >= 0.6 is 0 Å². The zero-order valence-electron chi connectivity index (χ0n) is 11.9. The third kappa shape index (κ3) is 4.47. The maximum atomic E-state index is 12.4. The van der Waals surface area contributed by atoms with Gasteiger partial charge in [-0.15, -0.1) is 0 Å². The number of carboxylic acids is 1. The Labute approximate surface area is 113 Å². The molecule has 6 heteroatoms. The van der Waals surface area contributed by atoms with E-state index in [-0.39, 0.29) is 25.0 Å². The smallest absolute Gasteiger partial charge is 0.305 e. The lowest BCUT2D eigenvalue weighted by Gasteiger charge is -2.37. The van der Waals surface area contributed by atoms with Crippen molar-refractivity contribution in [1.29, 1.82) is 0 Å². The third-order valence-corrected chi connectivity index (χ3v) is 3.27. The first-order valence-electron chi connectivity index (χ1n) is 6.64. The lowest BCUT2D eigenvalue weighted by atomic mass is 10.0. The Morgan fingerprint density at radius 2 is 2.00 bits per heavy atom. The molecule has 0 aromatic rings. The molecule has 1 aliphatic rings. The summed E-state index contributed by atoms with van der Waals surface area (Å²) in [6.07, 6.45) is 0.831. The molecule has 1 heterocycles. The van der Waals surface area contributed by atoms with E-state index in [1.165, 1.54) is 0 Å². The molecule has 3 N–H and O–H groups in total. The number of aliphatic carboxylic acids is 1. The van der Waals surface area contributed by atoms with Gasteiger partial charge in [0.2, 0.25) is 0 Å². The van der Waals surface area contributed by atoms with Crippen molar-refractivity contribution >= 4 is 11.9 Å².